The zero-order valence-corrected chi connectivity index (χ0v) is 35.6. The molecule has 0 fully saturated rings. The second-order valence-corrected chi connectivity index (χ2v) is 20.4. The van der Waals surface area contributed by atoms with Crippen LogP contribution in [0.4, 0.5) is 34.1 Å². The van der Waals surface area contributed by atoms with Gasteiger partial charge in [0.2, 0.25) is 6.79 Å². The van der Waals surface area contributed by atoms with Crippen LogP contribution in [-0.2, 0) is 16.2 Å². The topological polar surface area (TPSA) is 24.9 Å². The fraction of sp³-hybridized carbons (Fsp3) is 0.347. The molecule has 0 radical (unpaired) electrons. The maximum absolute atomic E-state index is 6.15. The highest BCUT2D eigenvalue weighted by Gasteiger charge is 2.47. The first-order valence-electron chi connectivity index (χ1n) is 19.8. The van der Waals surface area contributed by atoms with E-state index in [1.807, 2.05) is 11.3 Å². The van der Waals surface area contributed by atoms with Gasteiger partial charge in [0.25, 0.3) is 6.71 Å². The van der Waals surface area contributed by atoms with Crippen molar-refractivity contribution in [2.24, 2.45) is 0 Å². The van der Waals surface area contributed by atoms with E-state index in [4.69, 9.17) is 9.47 Å². The zero-order valence-electron chi connectivity index (χ0n) is 34.8. The Labute approximate surface area is 332 Å². The Balaban J connectivity index is 1.40. The molecule has 9 rings (SSSR count). The van der Waals surface area contributed by atoms with Gasteiger partial charge in [-0.25, -0.2) is 0 Å². The molecule has 0 spiro atoms. The van der Waals surface area contributed by atoms with Gasteiger partial charge in [-0.2, -0.15) is 0 Å². The van der Waals surface area contributed by atoms with Crippen molar-refractivity contribution < 1.29 is 9.47 Å². The summed E-state index contributed by atoms with van der Waals surface area (Å²) in [6.45, 7) is 30.2. The molecular formula is C49H53BN2O2S. The SMILES string of the molecule is Cc1cc(C(C)(C)C)cc(C)c1N1c2cc3c(cc2B2c4sc5ccc(C(C)(C)C)cc5c4N(c4c(C)cc(C(C)(C)C)cc4C)c4cccc1c42)OCO3. The first-order chi connectivity index (χ1) is 25.8. The second kappa shape index (κ2) is 11.9. The van der Waals surface area contributed by atoms with Gasteiger partial charge in [0.15, 0.2) is 11.5 Å². The van der Waals surface area contributed by atoms with E-state index in [9.17, 15) is 0 Å². The van der Waals surface area contributed by atoms with Crippen molar-refractivity contribution in [2.75, 3.05) is 16.6 Å². The number of aryl methyl sites for hydroxylation is 4. The molecule has 4 heterocycles. The summed E-state index contributed by atoms with van der Waals surface area (Å²) >= 11 is 1.95. The van der Waals surface area contributed by atoms with Gasteiger partial charge >= 0.3 is 0 Å². The van der Waals surface area contributed by atoms with E-state index < -0.39 is 0 Å². The third-order valence-corrected chi connectivity index (χ3v) is 13.3. The molecule has 6 aromatic rings. The third kappa shape index (κ3) is 5.45. The highest BCUT2D eigenvalue weighted by Crippen LogP contribution is 2.52. The quantitative estimate of drug-likeness (QED) is 0.165. The first-order valence-corrected chi connectivity index (χ1v) is 20.6. The van der Waals surface area contributed by atoms with E-state index >= 15 is 0 Å². The van der Waals surface area contributed by atoms with Crippen molar-refractivity contribution in [3.8, 4) is 11.5 Å². The van der Waals surface area contributed by atoms with Gasteiger partial charge in [0.1, 0.15) is 0 Å². The molecule has 0 atom stereocenters. The normalized spacial score (nSPS) is 14.7. The lowest BCUT2D eigenvalue weighted by molar-refractivity contribution is 0.174. The standard InChI is InChI=1S/C49H53BN2O2S/c1-27-19-32(48(8,9)10)20-28(2)43(27)51-36-15-14-16-37-42(36)50(35-24-39-40(25-38(35)51)54-26-53-39)46-45(34-23-31(47(5,6)7)17-18-41(34)55-46)52(37)44-29(3)21-33(22-30(44)4)49(11,12)13/h14-25H,26H2,1-13H3. The third-order valence-electron chi connectivity index (χ3n) is 12.1. The van der Waals surface area contributed by atoms with Crippen LogP contribution in [0.25, 0.3) is 10.1 Å². The van der Waals surface area contributed by atoms with E-state index in [1.54, 1.807) is 0 Å². The lowest BCUT2D eigenvalue weighted by Crippen LogP contribution is -2.60. The minimum atomic E-state index is 0.0117. The van der Waals surface area contributed by atoms with Crippen molar-refractivity contribution in [3.05, 3.63) is 112 Å². The Hall–Kier alpha value is -4.68. The summed E-state index contributed by atoms with van der Waals surface area (Å²) in [4.78, 5) is 5.16. The van der Waals surface area contributed by atoms with E-state index in [0.29, 0.717) is 0 Å². The van der Waals surface area contributed by atoms with Crippen molar-refractivity contribution in [3.63, 3.8) is 0 Å². The minimum absolute atomic E-state index is 0.0117. The Morgan fingerprint density at radius 3 is 1.60 bits per heavy atom. The van der Waals surface area contributed by atoms with Crippen LogP contribution in [0, 0.1) is 27.7 Å². The number of hydrogen-bond acceptors (Lipinski definition) is 5. The summed E-state index contributed by atoms with van der Waals surface area (Å²) in [6, 6.07) is 28.3. The van der Waals surface area contributed by atoms with E-state index in [-0.39, 0.29) is 29.8 Å². The number of rotatable bonds is 2. The second-order valence-electron chi connectivity index (χ2n) is 19.3. The summed E-state index contributed by atoms with van der Waals surface area (Å²) in [5, 5.41) is 1.32. The van der Waals surface area contributed by atoms with Gasteiger partial charge in [0.05, 0.1) is 17.1 Å². The van der Waals surface area contributed by atoms with Crippen LogP contribution in [0.1, 0.15) is 101 Å². The smallest absolute Gasteiger partial charge is 0.264 e. The molecule has 280 valence electrons. The molecule has 0 aliphatic carbocycles. The summed E-state index contributed by atoms with van der Waals surface area (Å²) in [5.41, 5.74) is 19.3. The van der Waals surface area contributed by atoms with Crippen molar-refractivity contribution in [1.82, 2.24) is 0 Å². The number of ether oxygens (including phenoxy) is 2. The molecule has 0 amide bonds. The average molecular weight is 745 g/mol. The van der Waals surface area contributed by atoms with Gasteiger partial charge in [-0.05, 0) is 124 Å². The zero-order chi connectivity index (χ0) is 39.1. The Morgan fingerprint density at radius 2 is 1.05 bits per heavy atom. The predicted molar refractivity (Wildman–Crippen MR) is 237 cm³/mol. The Bertz CT molecular complexity index is 2550. The van der Waals surface area contributed by atoms with Gasteiger partial charge in [-0.15, -0.1) is 11.3 Å². The number of thiophene rings is 1. The molecule has 0 unspecified atom stereocenters. The molecule has 3 aliphatic heterocycles. The predicted octanol–water partition coefficient (Wildman–Crippen LogP) is 11.8. The number of nitrogens with zero attached hydrogens (tertiary/aromatic N) is 2. The molecule has 0 saturated heterocycles. The number of fused-ring (bicyclic) bond motifs is 7. The summed E-state index contributed by atoms with van der Waals surface area (Å²) in [5.74, 6) is 1.62. The van der Waals surface area contributed by atoms with E-state index in [0.717, 1.165) is 17.2 Å². The fourth-order valence-electron chi connectivity index (χ4n) is 9.23. The minimum Gasteiger partial charge on any atom is -0.454 e. The van der Waals surface area contributed by atoms with Gasteiger partial charge in [-0.3, -0.25) is 0 Å². The Kier molecular flexibility index (Phi) is 7.80. The van der Waals surface area contributed by atoms with Crippen LogP contribution in [0.3, 0.4) is 0 Å². The lowest BCUT2D eigenvalue weighted by Gasteiger charge is -2.44. The molecule has 4 nitrogen and oxygen atoms in total. The molecular weight excluding hydrogens is 691 g/mol. The van der Waals surface area contributed by atoms with Crippen LogP contribution in [-0.4, -0.2) is 13.5 Å². The van der Waals surface area contributed by atoms with Gasteiger partial charge in [0, 0.05) is 38.0 Å². The average Bonchev–Trinajstić information content (AvgIpc) is 3.71. The van der Waals surface area contributed by atoms with Gasteiger partial charge in [-0.1, -0.05) is 98.7 Å². The number of anilines is 6. The van der Waals surface area contributed by atoms with Crippen LogP contribution in [0.5, 0.6) is 11.5 Å². The van der Waals surface area contributed by atoms with Gasteiger partial charge < -0.3 is 19.3 Å². The van der Waals surface area contributed by atoms with Crippen molar-refractivity contribution in [1.29, 1.82) is 0 Å². The molecule has 1 aromatic heterocycles. The van der Waals surface area contributed by atoms with Crippen molar-refractivity contribution >= 4 is 78.0 Å². The largest absolute Gasteiger partial charge is 0.454 e. The van der Waals surface area contributed by atoms with Crippen LogP contribution < -0.4 is 35.0 Å². The van der Waals surface area contributed by atoms with Crippen molar-refractivity contribution in [2.45, 2.75) is 106 Å². The first kappa shape index (κ1) is 36.0. The summed E-state index contributed by atoms with van der Waals surface area (Å²) in [6.07, 6.45) is 0. The molecule has 6 heteroatoms. The number of hydrogen-bond donors (Lipinski definition) is 0. The monoisotopic (exact) mass is 744 g/mol. The maximum Gasteiger partial charge on any atom is 0.264 e. The van der Waals surface area contributed by atoms with E-state index in [2.05, 4.69) is 173 Å². The molecule has 3 aliphatic rings. The Morgan fingerprint density at radius 1 is 0.545 bits per heavy atom. The highest BCUT2D eigenvalue weighted by molar-refractivity contribution is 7.33. The lowest BCUT2D eigenvalue weighted by atomic mass is 9.36. The molecule has 5 aromatic carbocycles. The number of benzene rings is 5. The van der Waals surface area contributed by atoms with Crippen LogP contribution in [0.15, 0.2) is 72.8 Å². The van der Waals surface area contributed by atoms with Crippen LogP contribution >= 0.6 is 11.3 Å². The fourth-order valence-corrected chi connectivity index (χ4v) is 10.5. The van der Waals surface area contributed by atoms with E-state index in [1.165, 1.54) is 93.2 Å². The molecule has 55 heavy (non-hydrogen) atoms. The summed E-state index contributed by atoms with van der Waals surface area (Å²) in [7, 11) is 0. The maximum atomic E-state index is 6.15. The molecule has 0 N–H and O–H groups in total. The van der Waals surface area contributed by atoms with Crippen LogP contribution in [0.2, 0.25) is 0 Å². The molecule has 0 bridgehead atoms. The molecule has 0 saturated carbocycles. The highest BCUT2D eigenvalue weighted by atomic mass is 32.1. The summed E-state index contributed by atoms with van der Waals surface area (Å²) < 4.78 is 14.9.